The number of aryl methyl sites for hydroxylation is 3. The van der Waals surface area contributed by atoms with Crippen LogP contribution in [0.4, 0.5) is 10.1 Å². The van der Waals surface area contributed by atoms with Crippen LogP contribution in [0.1, 0.15) is 34.9 Å². The predicted molar refractivity (Wildman–Crippen MR) is 100 cm³/mol. The summed E-state index contributed by atoms with van der Waals surface area (Å²) in [5.41, 5.74) is 4.46. The summed E-state index contributed by atoms with van der Waals surface area (Å²) in [6, 6.07) is 10.7. The molecule has 0 radical (unpaired) electrons. The van der Waals surface area contributed by atoms with E-state index >= 15 is 0 Å². The molecule has 6 heteroatoms. The fraction of sp³-hybridized carbons (Fsp3) is 0.286. The third-order valence-electron chi connectivity index (χ3n) is 5.13. The third-order valence-corrected chi connectivity index (χ3v) is 5.13. The summed E-state index contributed by atoms with van der Waals surface area (Å²) in [7, 11) is 0. The average molecular weight is 365 g/mol. The van der Waals surface area contributed by atoms with Gasteiger partial charge in [-0.1, -0.05) is 17.3 Å². The lowest BCUT2D eigenvalue weighted by Gasteiger charge is -2.16. The Balaban J connectivity index is 1.56. The van der Waals surface area contributed by atoms with Crippen molar-refractivity contribution in [3.63, 3.8) is 0 Å². The molecule has 0 bridgehead atoms. The molecule has 1 amide bonds. The summed E-state index contributed by atoms with van der Waals surface area (Å²) in [4.78, 5) is 18.6. The minimum atomic E-state index is -0.281. The molecule has 1 atom stereocenters. The first kappa shape index (κ1) is 17.4. The van der Waals surface area contributed by atoms with Crippen LogP contribution in [-0.4, -0.2) is 22.6 Å². The van der Waals surface area contributed by atoms with E-state index in [0.717, 1.165) is 11.1 Å². The van der Waals surface area contributed by atoms with Gasteiger partial charge >= 0.3 is 0 Å². The minimum absolute atomic E-state index is 0.0306. The van der Waals surface area contributed by atoms with E-state index in [2.05, 4.69) is 17.1 Å². The van der Waals surface area contributed by atoms with E-state index in [1.165, 1.54) is 11.6 Å². The molecule has 2 aromatic carbocycles. The molecule has 5 nitrogen and oxygen atoms in total. The van der Waals surface area contributed by atoms with Crippen LogP contribution in [0.15, 0.2) is 40.9 Å². The highest BCUT2D eigenvalue weighted by Gasteiger charge is 2.35. The molecule has 0 spiro atoms. The maximum atomic E-state index is 13.5. The highest BCUT2D eigenvalue weighted by Crippen LogP contribution is 2.32. The monoisotopic (exact) mass is 365 g/mol. The second-order valence-electron chi connectivity index (χ2n) is 7.09. The van der Waals surface area contributed by atoms with Gasteiger partial charge in [0.05, 0.1) is 5.92 Å². The summed E-state index contributed by atoms with van der Waals surface area (Å²) < 4.78 is 19.0. The van der Waals surface area contributed by atoms with Crippen LogP contribution in [0.2, 0.25) is 0 Å². The zero-order valence-corrected chi connectivity index (χ0v) is 15.5. The van der Waals surface area contributed by atoms with Crippen LogP contribution in [0.25, 0.3) is 11.4 Å². The molecular weight excluding hydrogens is 345 g/mol. The second kappa shape index (κ2) is 6.61. The standard InChI is InChI=1S/C21H20FN3O2/c1-12-4-5-15(8-13(12)2)20-23-21(27-24-20)16-10-19(26)25(11-16)17-6-7-18(22)14(3)9-17/h4-9,16H,10-11H2,1-3H3. The van der Waals surface area contributed by atoms with Crippen LogP contribution in [-0.2, 0) is 4.79 Å². The van der Waals surface area contributed by atoms with Gasteiger partial charge in [0.2, 0.25) is 17.6 Å². The van der Waals surface area contributed by atoms with E-state index in [1.54, 1.807) is 24.0 Å². The lowest BCUT2D eigenvalue weighted by atomic mass is 10.1. The van der Waals surface area contributed by atoms with Crippen molar-refractivity contribution in [2.45, 2.75) is 33.1 Å². The van der Waals surface area contributed by atoms with Crippen LogP contribution >= 0.6 is 0 Å². The molecule has 1 fully saturated rings. The van der Waals surface area contributed by atoms with E-state index in [9.17, 15) is 9.18 Å². The van der Waals surface area contributed by atoms with Crippen molar-refractivity contribution in [3.05, 3.63) is 64.8 Å². The van der Waals surface area contributed by atoms with Crippen molar-refractivity contribution in [3.8, 4) is 11.4 Å². The van der Waals surface area contributed by atoms with Gasteiger partial charge in [-0.2, -0.15) is 4.98 Å². The van der Waals surface area contributed by atoms with Gasteiger partial charge in [-0.05, 0) is 61.7 Å². The fourth-order valence-electron chi connectivity index (χ4n) is 3.32. The van der Waals surface area contributed by atoms with Crippen molar-refractivity contribution in [2.75, 3.05) is 11.4 Å². The van der Waals surface area contributed by atoms with Crippen molar-refractivity contribution in [1.82, 2.24) is 10.1 Å². The van der Waals surface area contributed by atoms with E-state index in [0.29, 0.717) is 35.9 Å². The lowest BCUT2D eigenvalue weighted by Crippen LogP contribution is -2.24. The number of amides is 1. The number of aromatic nitrogens is 2. The van der Waals surface area contributed by atoms with E-state index in [-0.39, 0.29) is 17.6 Å². The number of rotatable bonds is 3. The van der Waals surface area contributed by atoms with Crippen molar-refractivity contribution >= 4 is 11.6 Å². The predicted octanol–water partition coefficient (Wildman–Crippen LogP) is 4.32. The molecule has 0 aliphatic carbocycles. The molecule has 2 heterocycles. The minimum Gasteiger partial charge on any atom is -0.339 e. The van der Waals surface area contributed by atoms with E-state index in [1.807, 2.05) is 25.1 Å². The first-order valence-electron chi connectivity index (χ1n) is 8.90. The SMILES string of the molecule is Cc1ccc(-c2noc(C3CC(=O)N(c4ccc(F)c(C)c4)C3)n2)cc1C. The normalized spacial score (nSPS) is 17.0. The maximum absolute atomic E-state index is 13.5. The van der Waals surface area contributed by atoms with Crippen LogP contribution in [0.5, 0.6) is 0 Å². The number of benzene rings is 2. The van der Waals surface area contributed by atoms with Crippen molar-refractivity contribution < 1.29 is 13.7 Å². The topological polar surface area (TPSA) is 59.2 Å². The number of carbonyl (C=O) groups excluding carboxylic acids is 1. The number of halogens is 1. The lowest BCUT2D eigenvalue weighted by molar-refractivity contribution is -0.117. The Morgan fingerprint density at radius 2 is 1.89 bits per heavy atom. The molecule has 1 aromatic heterocycles. The average Bonchev–Trinajstić information content (AvgIpc) is 3.27. The van der Waals surface area contributed by atoms with Gasteiger partial charge in [0.15, 0.2) is 0 Å². The van der Waals surface area contributed by atoms with Gasteiger partial charge < -0.3 is 9.42 Å². The Morgan fingerprint density at radius 1 is 1.07 bits per heavy atom. The summed E-state index contributed by atoms with van der Waals surface area (Å²) in [5, 5.41) is 4.08. The Bertz CT molecular complexity index is 1030. The number of hydrogen-bond donors (Lipinski definition) is 0. The Labute approximate surface area is 156 Å². The number of hydrogen-bond acceptors (Lipinski definition) is 4. The number of carbonyl (C=O) groups is 1. The summed E-state index contributed by atoms with van der Waals surface area (Å²) >= 11 is 0. The molecule has 0 N–H and O–H groups in total. The van der Waals surface area contributed by atoms with Gasteiger partial charge in [-0.25, -0.2) is 4.39 Å². The smallest absolute Gasteiger partial charge is 0.232 e. The van der Waals surface area contributed by atoms with E-state index < -0.39 is 0 Å². The third kappa shape index (κ3) is 3.23. The van der Waals surface area contributed by atoms with Gasteiger partial charge in [0, 0.05) is 24.2 Å². The largest absolute Gasteiger partial charge is 0.339 e. The molecule has 138 valence electrons. The number of nitrogens with zero attached hydrogens (tertiary/aromatic N) is 3. The van der Waals surface area contributed by atoms with Crippen LogP contribution < -0.4 is 4.90 Å². The highest BCUT2D eigenvalue weighted by atomic mass is 19.1. The Kier molecular flexibility index (Phi) is 4.26. The first-order chi connectivity index (χ1) is 12.9. The van der Waals surface area contributed by atoms with Crippen molar-refractivity contribution in [2.24, 2.45) is 0 Å². The molecule has 1 aliphatic heterocycles. The van der Waals surface area contributed by atoms with E-state index in [4.69, 9.17) is 4.52 Å². The van der Waals surface area contributed by atoms with Crippen LogP contribution in [0.3, 0.4) is 0 Å². The fourth-order valence-corrected chi connectivity index (χ4v) is 3.32. The summed E-state index contributed by atoms with van der Waals surface area (Å²) in [5.74, 6) is 0.499. The molecule has 1 saturated heterocycles. The second-order valence-corrected chi connectivity index (χ2v) is 7.09. The molecule has 3 aromatic rings. The first-order valence-corrected chi connectivity index (χ1v) is 8.90. The zero-order chi connectivity index (χ0) is 19.1. The molecule has 0 saturated carbocycles. The number of anilines is 1. The van der Waals surface area contributed by atoms with Crippen molar-refractivity contribution in [1.29, 1.82) is 0 Å². The maximum Gasteiger partial charge on any atom is 0.232 e. The van der Waals surface area contributed by atoms with Gasteiger partial charge in [-0.15, -0.1) is 0 Å². The van der Waals surface area contributed by atoms with Gasteiger partial charge in [0.1, 0.15) is 5.82 Å². The quantitative estimate of drug-likeness (QED) is 0.693. The molecule has 4 rings (SSSR count). The highest BCUT2D eigenvalue weighted by molar-refractivity contribution is 5.96. The summed E-state index contributed by atoms with van der Waals surface area (Å²) in [6.07, 6.45) is 0.297. The van der Waals surface area contributed by atoms with Crippen LogP contribution in [0, 0.1) is 26.6 Å². The summed E-state index contributed by atoms with van der Waals surface area (Å²) in [6.45, 7) is 6.22. The molecular formula is C21H20FN3O2. The molecule has 27 heavy (non-hydrogen) atoms. The van der Waals surface area contributed by atoms with Gasteiger partial charge in [0.25, 0.3) is 0 Å². The zero-order valence-electron chi connectivity index (χ0n) is 15.5. The van der Waals surface area contributed by atoms with Gasteiger partial charge in [-0.3, -0.25) is 4.79 Å². The molecule has 1 unspecified atom stereocenters. The Hall–Kier alpha value is -3.02. The Morgan fingerprint density at radius 3 is 2.63 bits per heavy atom. The molecule has 1 aliphatic rings.